The third kappa shape index (κ3) is 2.43. The lowest BCUT2D eigenvalue weighted by molar-refractivity contribution is 0.282. The van der Waals surface area contributed by atoms with Crippen molar-refractivity contribution in [3.8, 4) is 22.6 Å². The number of nitrogen functional groups attached to an aromatic ring is 1. The van der Waals surface area contributed by atoms with Gasteiger partial charge in [-0.3, -0.25) is 4.98 Å². The zero-order valence-corrected chi connectivity index (χ0v) is 13.5. The molecule has 1 aromatic carbocycles. The summed E-state index contributed by atoms with van der Waals surface area (Å²) < 4.78 is 6.73. The standard InChI is InChI=1S/C17H16N6O2/c1-2-23-15-12(11-5-3-4-10(6-11)9-24)7-19-8-13(15)20-17(23)14-16(18)22-25-21-14/h3-8,24H,2,9H2,1H3,(H2,18,22). The van der Waals surface area contributed by atoms with Gasteiger partial charge in [-0.15, -0.1) is 0 Å². The van der Waals surface area contributed by atoms with Crippen LogP contribution in [0.5, 0.6) is 0 Å². The van der Waals surface area contributed by atoms with Crippen molar-refractivity contribution in [2.24, 2.45) is 0 Å². The molecule has 4 aromatic rings. The van der Waals surface area contributed by atoms with Crippen LogP contribution in [0.4, 0.5) is 5.82 Å². The largest absolute Gasteiger partial charge is 0.392 e. The van der Waals surface area contributed by atoms with Gasteiger partial charge in [0.15, 0.2) is 17.3 Å². The van der Waals surface area contributed by atoms with Crippen LogP contribution in [0.15, 0.2) is 41.3 Å². The normalized spacial score (nSPS) is 11.3. The number of pyridine rings is 1. The summed E-state index contributed by atoms with van der Waals surface area (Å²) in [5.74, 6) is 0.783. The maximum Gasteiger partial charge on any atom is 0.199 e. The highest BCUT2D eigenvalue weighted by molar-refractivity contribution is 5.94. The maximum atomic E-state index is 9.41. The fourth-order valence-corrected chi connectivity index (χ4v) is 2.98. The van der Waals surface area contributed by atoms with Gasteiger partial charge < -0.3 is 15.4 Å². The van der Waals surface area contributed by atoms with Gasteiger partial charge in [-0.25, -0.2) is 9.61 Å². The smallest absolute Gasteiger partial charge is 0.199 e. The Hall–Kier alpha value is -3.26. The van der Waals surface area contributed by atoms with Crippen LogP contribution in [0.2, 0.25) is 0 Å². The summed E-state index contributed by atoms with van der Waals surface area (Å²) >= 11 is 0. The van der Waals surface area contributed by atoms with Crippen LogP contribution in [-0.4, -0.2) is 30.0 Å². The van der Waals surface area contributed by atoms with Crippen LogP contribution in [0, 0.1) is 0 Å². The number of anilines is 1. The molecule has 0 aliphatic carbocycles. The lowest BCUT2D eigenvalue weighted by Gasteiger charge is -2.09. The number of benzene rings is 1. The summed E-state index contributed by atoms with van der Waals surface area (Å²) in [5, 5.41) is 16.9. The molecule has 3 heterocycles. The minimum Gasteiger partial charge on any atom is -0.392 e. The fourth-order valence-electron chi connectivity index (χ4n) is 2.98. The van der Waals surface area contributed by atoms with E-state index in [2.05, 4.69) is 20.3 Å². The van der Waals surface area contributed by atoms with Gasteiger partial charge in [-0.05, 0) is 34.4 Å². The number of rotatable bonds is 4. The van der Waals surface area contributed by atoms with Crippen molar-refractivity contribution in [3.05, 3.63) is 42.2 Å². The SMILES string of the molecule is CCn1c(-c2nonc2N)nc2cncc(-c3cccc(CO)c3)c21. The Morgan fingerprint density at radius 3 is 2.84 bits per heavy atom. The zero-order chi connectivity index (χ0) is 17.4. The van der Waals surface area contributed by atoms with Gasteiger partial charge in [0.05, 0.1) is 18.3 Å². The fraction of sp³-hybridized carbons (Fsp3) is 0.176. The molecule has 126 valence electrons. The number of fused-ring (bicyclic) bond motifs is 1. The highest BCUT2D eigenvalue weighted by Crippen LogP contribution is 2.33. The second-order valence-electron chi connectivity index (χ2n) is 5.59. The molecule has 25 heavy (non-hydrogen) atoms. The number of aliphatic hydroxyl groups excluding tert-OH is 1. The molecule has 0 atom stereocenters. The molecule has 0 aliphatic rings. The Labute approximate surface area is 142 Å². The topological polar surface area (TPSA) is 116 Å². The Bertz CT molecular complexity index is 1050. The van der Waals surface area contributed by atoms with Gasteiger partial charge in [0.25, 0.3) is 0 Å². The van der Waals surface area contributed by atoms with E-state index in [9.17, 15) is 5.11 Å². The van der Waals surface area contributed by atoms with Crippen molar-refractivity contribution in [2.75, 3.05) is 5.73 Å². The summed E-state index contributed by atoms with van der Waals surface area (Å²) in [7, 11) is 0. The third-order valence-electron chi connectivity index (χ3n) is 4.11. The molecule has 0 bridgehead atoms. The predicted octanol–water partition coefficient (Wildman–Crippen LogP) is 2.24. The molecule has 0 amide bonds. The highest BCUT2D eigenvalue weighted by atomic mass is 16.6. The molecular formula is C17H16N6O2. The van der Waals surface area contributed by atoms with E-state index in [0.717, 1.165) is 27.7 Å². The lowest BCUT2D eigenvalue weighted by atomic mass is 10.0. The quantitative estimate of drug-likeness (QED) is 0.587. The summed E-state index contributed by atoms with van der Waals surface area (Å²) in [6.07, 6.45) is 3.49. The van der Waals surface area contributed by atoms with E-state index >= 15 is 0 Å². The number of hydrogen-bond donors (Lipinski definition) is 2. The molecule has 0 fully saturated rings. The first-order chi connectivity index (χ1) is 12.2. The molecule has 3 aromatic heterocycles. The molecule has 0 saturated carbocycles. The van der Waals surface area contributed by atoms with Gasteiger partial charge in [-0.1, -0.05) is 18.2 Å². The summed E-state index contributed by atoms with van der Waals surface area (Å²) in [4.78, 5) is 8.93. The molecular weight excluding hydrogens is 320 g/mol. The maximum absolute atomic E-state index is 9.41. The van der Waals surface area contributed by atoms with Crippen molar-refractivity contribution in [1.29, 1.82) is 0 Å². The Morgan fingerprint density at radius 1 is 1.24 bits per heavy atom. The third-order valence-corrected chi connectivity index (χ3v) is 4.11. The van der Waals surface area contributed by atoms with E-state index in [0.29, 0.717) is 18.1 Å². The lowest BCUT2D eigenvalue weighted by Crippen LogP contribution is -2.01. The second-order valence-corrected chi connectivity index (χ2v) is 5.59. The van der Waals surface area contributed by atoms with E-state index in [1.165, 1.54) is 0 Å². The average Bonchev–Trinajstić information content (AvgIpc) is 3.24. The van der Waals surface area contributed by atoms with Crippen molar-refractivity contribution in [2.45, 2.75) is 20.1 Å². The molecule has 8 nitrogen and oxygen atoms in total. The van der Waals surface area contributed by atoms with Crippen molar-refractivity contribution in [3.63, 3.8) is 0 Å². The van der Waals surface area contributed by atoms with Gasteiger partial charge in [0.1, 0.15) is 5.52 Å². The van der Waals surface area contributed by atoms with E-state index in [4.69, 9.17) is 10.4 Å². The number of nitrogens with zero attached hydrogens (tertiary/aromatic N) is 5. The summed E-state index contributed by atoms with van der Waals surface area (Å²) in [6.45, 7) is 2.66. The van der Waals surface area contributed by atoms with E-state index in [-0.39, 0.29) is 12.4 Å². The van der Waals surface area contributed by atoms with Crippen LogP contribution >= 0.6 is 0 Å². The van der Waals surface area contributed by atoms with Crippen molar-refractivity contribution < 1.29 is 9.74 Å². The Balaban J connectivity index is 2.01. The molecule has 0 saturated heterocycles. The Kier molecular flexibility index (Phi) is 3.66. The van der Waals surface area contributed by atoms with E-state index in [1.807, 2.05) is 35.8 Å². The second kappa shape index (κ2) is 5.99. The van der Waals surface area contributed by atoms with Crippen LogP contribution < -0.4 is 5.73 Å². The molecule has 8 heteroatoms. The average molecular weight is 336 g/mol. The monoisotopic (exact) mass is 336 g/mol. The molecule has 0 unspecified atom stereocenters. The summed E-state index contributed by atoms with van der Waals surface area (Å²) in [6, 6.07) is 7.71. The first-order valence-corrected chi connectivity index (χ1v) is 7.85. The first kappa shape index (κ1) is 15.3. The zero-order valence-electron chi connectivity index (χ0n) is 13.5. The minimum absolute atomic E-state index is 0.0172. The van der Waals surface area contributed by atoms with Crippen LogP contribution in [-0.2, 0) is 13.2 Å². The molecule has 4 rings (SSSR count). The van der Waals surface area contributed by atoms with E-state index in [1.54, 1.807) is 12.4 Å². The minimum atomic E-state index is -0.0172. The number of hydrogen-bond acceptors (Lipinski definition) is 7. The summed E-state index contributed by atoms with van der Waals surface area (Å²) in [5.41, 5.74) is 10.6. The Morgan fingerprint density at radius 2 is 2.12 bits per heavy atom. The number of imidazole rings is 1. The highest BCUT2D eigenvalue weighted by Gasteiger charge is 2.20. The predicted molar refractivity (Wildman–Crippen MR) is 92.3 cm³/mol. The van der Waals surface area contributed by atoms with Crippen molar-refractivity contribution >= 4 is 16.9 Å². The number of nitrogens with two attached hydrogens (primary N) is 1. The van der Waals surface area contributed by atoms with Gasteiger partial charge in [0.2, 0.25) is 0 Å². The number of aliphatic hydroxyl groups is 1. The van der Waals surface area contributed by atoms with Crippen LogP contribution in [0.1, 0.15) is 12.5 Å². The van der Waals surface area contributed by atoms with Gasteiger partial charge in [-0.2, -0.15) is 0 Å². The van der Waals surface area contributed by atoms with Crippen molar-refractivity contribution in [1.82, 2.24) is 24.8 Å². The van der Waals surface area contributed by atoms with E-state index < -0.39 is 0 Å². The molecule has 0 radical (unpaired) electrons. The van der Waals surface area contributed by atoms with Gasteiger partial charge in [0, 0.05) is 18.3 Å². The number of aryl methyl sites for hydroxylation is 1. The molecule has 0 spiro atoms. The number of aromatic nitrogens is 5. The first-order valence-electron chi connectivity index (χ1n) is 7.85. The van der Waals surface area contributed by atoms with Crippen LogP contribution in [0.3, 0.4) is 0 Å². The van der Waals surface area contributed by atoms with Crippen LogP contribution in [0.25, 0.3) is 33.7 Å². The molecule has 0 aliphatic heterocycles. The van der Waals surface area contributed by atoms with Gasteiger partial charge >= 0.3 is 0 Å². The molecule has 3 N–H and O–H groups in total.